The summed E-state index contributed by atoms with van der Waals surface area (Å²) in [5.74, 6) is 0. The Morgan fingerprint density at radius 3 is 1.62 bits per heavy atom. The van der Waals surface area contributed by atoms with E-state index in [2.05, 4.69) is 34.0 Å². The van der Waals surface area contributed by atoms with E-state index in [1.807, 2.05) is 0 Å². The molecule has 16 heavy (non-hydrogen) atoms. The van der Waals surface area contributed by atoms with Gasteiger partial charge in [0.15, 0.2) is 0 Å². The first-order valence-corrected chi connectivity index (χ1v) is 12.4. The summed E-state index contributed by atoms with van der Waals surface area (Å²) in [5, 5.41) is 4.47. The van der Waals surface area contributed by atoms with E-state index in [-0.39, 0.29) is 0 Å². The van der Waals surface area contributed by atoms with Gasteiger partial charge in [0.25, 0.3) is 0 Å². The van der Waals surface area contributed by atoms with Crippen LogP contribution >= 0.6 is 0 Å². The molecule has 0 aromatic carbocycles. The molecule has 1 nitrogen and oxygen atoms in total. The molecule has 0 aliphatic carbocycles. The monoisotopic (exact) mass is 288 g/mol. The molecule has 0 fully saturated rings. The molecule has 0 amide bonds. The Bertz CT molecular complexity index is 182. The fourth-order valence-electron chi connectivity index (χ4n) is 3.02. The summed E-state index contributed by atoms with van der Waals surface area (Å²) in [6.45, 7) is 9.31. The van der Waals surface area contributed by atoms with Crippen LogP contribution in [0.3, 0.4) is 0 Å². The molecule has 0 aromatic heterocycles. The standard InChI is InChI=1S/C14H30GeO/c1-6-10-15(11-7-2,12-8-3)14(9-4)13-16-5/h13H,6-12H2,1-5H3. The Labute approximate surface area is 105 Å². The minimum absolute atomic E-state index is 1.20. The summed E-state index contributed by atoms with van der Waals surface area (Å²) in [4.78, 5) is 0. The summed E-state index contributed by atoms with van der Waals surface area (Å²) in [6.07, 6.45) is 7.33. The van der Waals surface area contributed by atoms with Gasteiger partial charge >= 0.3 is 105 Å². The van der Waals surface area contributed by atoms with Gasteiger partial charge in [0.05, 0.1) is 0 Å². The van der Waals surface area contributed by atoms with Gasteiger partial charge in [0.1, 0.15) is 0 Å². The average molecular weight is 287 g/mol. The number of allylic oxidation sites excluding steroid dienone is 1. The topological polar surface area (TPSA) is 9.23 Å². The Morgan fingerprint density at radius 1 is 0.938 bits per heavy atom. The Balaban J connectivity index is 5.01. The van der Waals surface area contributed by atoms with Crippen molar-refractivity contribution in [1.29, 1.82) is 0 Å². The van der Waals surface area contributed by atoms with Crippen LogP contribution in [0.1, 0.15) is 53.4 Å². The fourth-order valence-corrected chi connectivity index (χ4v) is 15.0. The second kappa shape index (κ2) is 9.15. The average Bonchev–Trinajstić information content (AvgIpc) is 2.26. The zero-order chi connectivity index (χ0) is 12.4. The fraction of sp³-hybridized carbons (Fsp3) is 0.857. The van der Waals surface area contributed by atoms with Crippen LogP contribution in [0.25, 0.3) is 0 Å². The van der Waals surface area contributed by atoms with Crippen molar-refractivity contribution in [2.24, 2.45) is 0 Å². The van der Waals surface area contributed by atoms with Crippen LogP contribution in [0.5, 0.6) is 0 Å². The van der Waals surface area contributed by atoms with E-state index in [4.69, 9.17) is 4.74 Å². The Morgan fingerprint density at radius 2 is 1.38 bits per heavy atom. The Kier molecular flexibility index (Phi) is 9.20. The van der Waals surface area contributed by atoms with Crippen molar-refractivity contribution in [2.75, 3.05) is 7.11 Å². The second-order valence-corrected chi connectivity index (χ2v) is 14.6. The molecule has 0 bridgehead atoms. The first-order valence-electron chi connectivity index (χ1n) is 6.93. The van der Waals surface area contributed by atoms with Crippen molar-refractivity contribution in [2.45, 2.75) is 69.1 Å². The van der Waals surface area contributed by atoms with Gasteiger partial charge in [-0.05, 0) is 0 Å². The van der Waals surface area contributed by atoms with E-state index in [0.29, 0.717) is 0 Å². The van der Waals surface area contributed by atoms with Crippen molar-refractivity contribution in [3.05, 3.63) is 10.7 Å². The van der Waals surface area contributed by atoms with E-state index in [1.54, 1.807) is 11.5 Å². The van der Waals surface area contributed by atoms with Crippen molar-refractivity contribution >= 4 is 13.3 Å². The molecule has 0 aliphatic rings. The van der Waals surface area contributed by atoms with Gasteiger partial charge in [0.2, 0.25) is 0 Å². The van der Waals surface area contributed by atoms with E-state index in [0.717, 1.165) is 0 Å². The summed E-state index contributed by atoms with van der Waals surface area (Å²) < 4.78 is 7.03. The second-order valence-electron chi connectivity index (χ2n) is 4.76. The van der Waals surface area contributed by atoms with Crippen molar-refractivity contribution in [3.8, 4) is 0 Å². The van der Waals surface area contributed by atoms with Gasteiger partial charge in [-0.2, -0.15) is 0 Å². The van der Waals surface area contributed by atoms with Crippen molar-refractivity contribution in [3.63, 3.8) is 0 Å². The van der Waals surface area contributed by atoms with Crippen LogP contribution in [-0.4, -0.2) is 20.4 Å². The van der Waals surface area contributed by atoms with E-state index >= 15 is 0 Å². The van der Waals surface area contributed by atoms with Crippen molar-refractivity contribution in [1.82, 2.24) is 0 Å². The summed E-state index contributed by atoms with van der Waals surface area (Å²) in [6, 6.07) is 0. The molecule has 0 heterocycles. The predicted octanol–water partition coefficient (Wildman–Crippen LogP) is 5.14. The number of hydrogen-bond acceptors (Lipinski definition) is 1. The number of hydrogen-bond donors (Lipinski definition) is 0. The minimum atomic E-state index is -1.78. The molecule has 0 saturated heterocycles. The van der Waals surface area contributed by atoms with E-state index in [9.17, 15) is 0 Å². The molecular formula is C14H30GeO. The molecule has 96 valence electrons. The van der Waals surface area contributed by atoms with E-state index < -0.39 is 13.3 Å². The summed E-state index contributed by atoms with van der Waals surface area (Å²) >= 11 is -1.78. The molecule has 0 atom stereocenters. The molecular weight excluding hydrogens is 257 g/mol. The molecule has 0 aliphatic heterocycles. The van der Waals surface area contributed by atoms with Crippen LogP contribution in [-0.2, 0) is 4.74 Å². The van der Waals surface area contributed by atoms with Crippen LogP contribution in [0.4, 0.5) is 0 Å². The molecule has 2 heteroatoms. The first-order chi connectivity index (χ1) is 7.70. The zero-order valence-electron chi connectivity index (χ0n) is 11.9. The normalized spacial score (nSPS) is 12.9. The van der Waals surface area contributed by atoms with E-state index in [1.165, 1.54) is 41.4 Å². The number of ether oxygens (including phenoxy) is 1. The summed E-state index contributed by atoms with van der Waals surface area (Å²) in [5.41, 5.74) is 0. The predicted molar refractivity (Wildman–Crippen MR) is 76.4 cm³/mol. The molecule has 0 spiro atoms. The van der Waals surface area contributed by atoms with Crippen LogP contribution < -0.4 is 0 Å². The molecule has 0 radical (unpaired) electrons. The SMILES string of the molecule is CC[CH2][Ge]([CH2]CC)([CH2]CC)[C](=COC)CC. The van der Waals surface area contributed by atoms with Gasteiger partial charge in [-0.1, -0.05) is 0 Å². The Hall–Kier alpha value is 0.0829. The van der Waals surface area contributed by atoms with Crippen LogP contribution in [0.15, 0.2) is 10.7 Å². The van der Waals surface area contributed by atoms with Gasteiger partial charge < -0.3 is 0 Å². The van der Waals surface area contributed by atoms with Crippen LogP contribution in [0, 0.1) is 0 Å². The van der Waals surface area contributed by atoms with Crippen LogP contribution in [0.2, 0.25) is 15.8 Å². The third-order valence-electron chi connectivity index (χ3n) is 3.51. The first kappa shape index (κ1) is 16.1. The third-order valence-corrected chi connectivity index (χ3v) is 16.5. The molecule has 0 saturated carbocycles. The van der Waals surface area contributed by atoms with Gasteiger partial charge in [-0.3, -0.25) is 0 Å². The zero-order valence-corrected chi connectivity index (χ0v) is 14.0. The van der Waals surface area contributed by atoms with Gasteiger partial charge in [0, 0.05) is 0 Å². The van der Waals surface area contributed by atoms with Gasteiger partial charge in [-0.15, -0.1) is 0 Å². The third kappa shape index (κ3) is 4.52. The molecule has 0 aromatic rings. The molecule has 0 rings (SSSR count). The molecule has 0 unspecified atom stereocenters. The quantitative estimate of drug-likeness (QED) is 0.421. The van der Waals surface area contributed by atoms with Crippen molar-refractivity contribution < 1.29 is 4.74 Å². The van der Waals surface area contributed by atoms with Gasteiger partial charge in [-0.25, -0.2) is 0 Å². The molecule has 0 N–H and O–H groups in total. The number of methoxy groups -OCH3 is 1. The maximum absolute atomic E-state index is 5.32. The number of rotatable bonds is 9. The maximum atomic E-state index is 5.32. The summed E-state index contributed by atoms with van der Waals surface area (Å²) in [7, 11) is 1.80.